The lowest BCUT2D eigenvalue weighted by atomic mass is 10.1. The Hall–Kier alpha value is -1.46. The number of rotatable bonds is 6. The summed E-state index contributed by atoms with van der Waals surface area (Å²) in [5, 5.41) is 0.953. The molecule has 3 nitrogen and oxygen atoms in total. The first-order valence-electron chi connectivity index (χ1n) is 7.60. The van der Waals surface area contributed by atoms with Crippen LogP contribution in [0.5, 0.6) is 0 Å². The first-order valence-corrected chi connectivity index (χ1v) is 9.71. The molecular formula is C18H22BrN3S. The zero-order valence-corrected chi connectivity index (χ0v) is 15.9. The summed E-state index contributed by atoms with van der Waals surface area (Å²) in [6, 6.07) is 16.5. The molecule has 2 aromatic rings. The Morgan fingerprint density at radius 1 is 1.22 bits per heavy atom. The summed E-state index contributed by atoms with van der Waals surface area (Å²) in [5.74, 6) is 1.49. The van der Waals surface area contributed by atoms with Gasteiger partial charge in [0.2, 0.25) is 5.96 Å². The SMILES string of the molecule is CCc1cccc(N(C)C(N)=Nc2ccccc2SCCBr)c1. The summed E-state index contributed by atoms with van der Waals surface area (Å²) in [5.41, 5.74) is 9.48. The van der Waals surface area contributed by atoms with Gasteiger partial charge in [-0.05, 0) is 36.2 Å². The van der Waals surface area contributed by atoms with Gasteiger partial charge < -0.3 is 10.6 Å². The highest BCUT2D eigenvalue weighted by atomic mass is 79.9. The van der Waals surface area contributed by atoms with Crippen molar-refractivity contribution in [3.05, 3.63) is 54.1 Å². The van der Waals surface area contributed by atoms with E-state index in [0.29, 0.717) is 5.96 Å². The molecule has 2 N–H and O–H groups in total. The Labute approximate surface area is 151 Å². The highest BCUT2D eigenvalue weighted by molar-refractivity contribution is 9.09. The van der Waals surface area contributed by atoms with Crippen LogP contribution in [-0.4, -0.2) is 24.1 Å². The maximum Gasteiger partial charge on any atom is 0.200 e. The van der Waals surface area contributed by atoms with Gasteiger partial charge in [0.05, 0.1) is 5.69 Å². The van der Waals surface area contributed by atoms with Gasteiger partial charge >= 0.3 is 0 Å². The van der Waals surface area contributed by atoms with E-state index < -0.39 is 0 Å². The molecule has 0 fully saturated rings. The number of anilines is 1. The van der Waals surface area contributed by atoms with E-state index in [4.69, 9.17) is 5.73 Å². The minimum absolute atomic E-state index is 0.491. The van der Waals surface area contributed by atoms with Gasteiger partial charge in [0.1, 0.15) is 0 Å². The van der Waals surface area contributed by atoms with E-state index in [1.165, 1.54) is 5.56 Å². The van der Waals surface area contributed by atoms with Crippen molar-refractivity contribution in [2.75, 3.05) is 23.0 Å². The Bertz CT molecular complexity index is 673. The molecule has 0 heterocycles. The average molecular weight is 392 g/mol. The Morgan fingerprint density at radius 3 is 2.74 bits per heavy atom. The fourth-order valence-corrected chi connectivity index (χ4v) is 3.35. The standard InChI is InChI=1S/C18H22BrN3S/c1-3-14-7-6-8-15(13-14)22(2)18(20)21-16-9-4-5-10-17(16)23-12-11-19/h4-10,13H,3,11-12H2,1-2H3,(H2,20,21). The predicted octanol–water partition coefficient (Wildman–Crippen LogP) is 4.82. The fourth-order valence-electron chi connectivity index (χ4n) is 2.14. The molecule has 0 aliphatic heterocycles. The highest BCUT2D eigenvalue weighted by Gasteiger charge is 2.08. The van der Waals surface area contributed by atoms with Crippen LogP contribution >= 0.6 is 27.7 Å². The smallest absolute Gasteiger partial charge is 0.200 e. The molecule has 0 atom stereocenters. The van der Waals surface area contributed by atoms with Gasteiger partial charge in [-0.15, -0.1) is 11.8 Å². The van der Waals surface area contributed by atoms with E-state index >= 15 is 0 Å². The van der Waals surface area contributed by atoms with E-state index in [0.717, 1.165) is 33.8 Å². The average Bonchev–Trinajstić information content (AvgIpc) is 2.60. The number of benzene rings is 2. The molecule has 2 aromatic carbocycles. The maximum absolute atomic E-state index is 6.23. The second-order valence-corrected chi connectivity index (χ2v) is 6.99. The minimum Gasteiger partial charge on any atom is -0.369 e. The molecule has 0 amide bonds. The number of hydrogen-bond acceptors (Lipinski definition) is 2. The molecule has 0 spiro atoms. The van der Waals surface area contributed by atoms with Crippen LogP contribution in [0.3, 0.4) is 0 Å². The van der Waals surface area contributed by atoms with Gasteiger partial charge in [-0.1, -0.05) is 47.1 Å². The number of thioether (sulfide) groups is 1. The van der Waals surface area contributed by atoms with Gasteiger partial charge in [-0.25, -0.2) is 4.99 Å². The summed E-state index contributed by atoms with van der Waals surface area (Å²) in [6.45, 7) is 2.15. The third-order valence-corrected chi connectivity index (χ3v) is 5.47. The minimum atomic E-state index is 0.491. The predicted molar refractivity (Wildman–Crippen MR) is 106 cm³/mol. The van der Waals surface area contributed by atoms with E-state index in [1.54, 1.807) is 11.8 Å². The normalized spacial score (nSPS) is 11.5. The summed E-state index contributed by atoms with van der Waals surface area (Å²) < 4.78 is 0. The fraction of sp³-hybridized carbons (Fsp3) is 0.278. The van der Waals surface area contributed by atoms with Gasteiger partial charge in [0.15, 0.2) is 0 Å². The number of nitrogens with zero attached hydrogens (tertiary/aromatic N) is 2. The molecule has 2 rings (SSSR count). The largest absolute Gasteiger partial charge is 0.369 e. The summed E-state index contributed by atoms with van der Waals surface area (Å²) in [6.07, 6.45) is 1.00. The molecular weight excluding hydrogens is 370 g/mol. The molecule has 122 valence electrons. The molecule has 0 bridgehead atoms. The molecule has 0 aromatic heterocycles. The molecule has 5 heteroatoms. The van der Waals surface area contributed by atoms with Crippen molar-refractivity contribution in [3.8, 4) is 0 Å². The molecule has 23 heavy (non-hydrogen) atoms. The van der Waals surface area contributed by atoms with Crippen LogP contribution < -0.4 is 10.6 Å². The molecule has 0 aliphatic carbocycles. The monoisotopic (exact) mass is 391 g/mol. The van der Waals surface area contributed by atoms with Crippen molar-refractivity contribution in [3.63, 3.8) is 0 Å². The number of aliphatic imine (C=N–C) groups is 1. The molecule has 0 unspecified atom stereocenters. The van der Waals surface area contributed by atoms with Crippen LogP contribution in [-0.2, 0) is 6.42 Å². The number of hydrogen-bond donors (Lipinski definition) is 1. The van der Waals surface area contributed by atoms with Crippen molar-refractivity contribution in [1.29, 1.82) is 0 Å². The third kappa shape index (κ3) is 5.01. The zero-order chi connectivity index (χ0) is 16.7. The molecule has 0 aliphatic rings. The highest BCUT2D eigenvalue weighted by Crippen LogP contribution is 2.29. The van der Waals surface area contributed by atoms with Crippen LogP contribution in [0.25, 0.3) is 0 Å². The van der Waals surface area contributed by atoms with E-state index in [-0.39, 0.29) is 0 Å². The lowest BCUT2D eigenvalue weighted by Gasteiger charge is -2.19. The maximum atomic E-state index is 6.23. The molecule has 0 saturated carbocycles. The molecule has 0 radical (unpaired) electrons. The van der Waals surface area contributed by atoms with Gasteiger partial charge in [-0.3, -0.25) is 0 Å². The quantitative estimate of drug-likeness (QED) is 0.332. The van der Waals surface area contributed by atoms with Crippen molar-refractivity contribution in [2.24, 2.45) is 10.7 Å². The van der Waals surface area contributed by atoms with Gasteiger partial charge in [-0.2, -0.15) is 0 Å². The first kappa shape index (κ1) is 17.9. The second-order valence-electron chi connectivity index (χ2n) is 5.06. The van der Waals surface area contributed by atoms with Crippen LogP contribution in [0.1, 0.15) is 12.5 Å². The van der Waals surface area contributed by atoms with E-state index in [9.17, 15) is 0 Å². The number of guanidine groups is 1. The summed E-state index contributed by atoms with van der Waals surface area (Å²) >= 11 is 5.23. The number of halogens is 1. The topological polar surface area (TPSA) is 41.6 Å². The number of para-hydroxylation sites is 1. The number of nitrogens with two attached hydrogens (primary N) is 1. The Morgan fingerprint density at radius 2 is 2.00 bits per heavy atom. The van der Waals surface area contributed by atoms with Crippen LogP contribution in [0.4, 0.5) is 11.4 Å². The lowest BCUT2D eigenvalue weighted by molar-refractivity contribution is 1.13. The lowest BCUT2D eigenvalue weighted by Crippen LogP contribution is -2.33. The summed E-state index contributed by atoms with van der Waals surface area (Å²) in [7, 11) is 1.95. The van der Waals surface area contributed by atoms with E-state index in [2.05, 4.69) is 52.1 Å². The first-order chi connectivity index (χ1) is 11.2. The van der Waals surface area contributed by atoms with Gasteiger partial charge in [0.25, 0.3) is 0 Å². The van der Waals surface area contributed by atoms with E-state index in [1.807, 2.05) is 36.2 Å². The van der Waals surface area contributed by atoms with Crippen molar-refractivity contribution in [2.45, 2.75) is 18.2 Å². The molecule has 0 saturated heterocycles. The van der Waals surface area contributed by atoms with Crippen LogP contribution in [0, 0.1) is 0 Å². The second kappa shape index (κ2) is 8.99. The van der Waals surface area contributed by atoms with Crippen molar-refractivity contribution in [1.82, 2.24) is 0 Å². The number of alkyl halides is 1. The summed E-state index contributed by atoms with van der Waals surface area (Å²) in [4.78, 5) is 7.69. The van der Waals surface area contributed by atoms with Gasteiger partial charge in [0, 0.05) is 28.7 Å². The third-order valence-electron chi connectivity index (χ3n) is 3.48. The van der Waals surface area contributed by atoms with Crippen molar-refractivity contribution >= 4 is 45.0 Å². The van der Waals surface area contributed by atoms with Crippen LogP contribution in [0.2, 0.25) is 0 Å². The number of aryl methyl sites for hydroxylation is 1. The zero-order valence-electron chi connectivity index (χ0n) is 13.5. The Kier molecular flexibility index (Phi) is 6.99. The Balaban J connectivity index is 2.24. The van der Waals surface area contributed by atoms with Crippen LogP contribution in [0.15, 0.2) is 58.4 Å². The van der Waals surface area contributed by atoms with Crippen molar-refractivity contribution < 1.29 is 0 Å².